The molecule has 1 saturated heterocycles. The van der Waals surface area contributed by atoms with Crippen molar-refractivity contribution in [2.45, 2.75) is 32.7 Å². The first-order valence-corrected chi connectivity index (χ1v) is 8.14. The van der Waals surface area contributed by atoms with E-state index in [0.717, 1.165) is 25.9 Å². The van der Waals surface area contributed by atoms with Gasteiger partial charge in [-0.2, -0.15) is 0 Å². The van der Waals surface area contributed by atoms with Gasteiger partial charge in [-0.1, -0.05) is 13.8 Å². The predicted octanol–water partition coefficient (Wildman–Crippen LogP) is 1.55. The first kappa shape index (κ1) is 17.8. The third-order valence-corrected chi connectivity index (χ3v) is 4.04. The standard InChI is InChI=1S/C17H24N4O3/c1-11(2)14(20-17(18)24)15(22)19-13-7-5-12(6-8-13)16(23)21-9-3-4-10-21/h5-8,11,14H,3-4,9-10H2,1-2H3,(H,19,22)(H3,18,20,24). The molecule has 1 aromatic carbocycles. The number of benzene rings is 1. The van der Waals surface area contributed by atoms with Crippen LogP contribution in [0.3, 0.4) is 0 Å². The number of rotatable bonds is 5. The van der Waals surface area contributed by atoms with Crippen molar-refractivity contribution in [2.75, 3.05) is 18.4 Å². The minimum atomic E-state index is -0.740. The van der Waals surface area contributed by atoms with Crippen molar-refractivity contribution < 1.29 is 14.4 Å². The number of hydrogen-bond donors (Lipinski definition) is 3. The number of anilines is 1. The summed E-state index contributed by atoms with van der Waals surface area (Å²) in [5.74, 6) is -0.434. The Bertz CT molecular complexity index is 607. The summed E-state index contributed by atoms with van der Waals surface area (Å²) in [5.41, 5.74) is 6.27. The Morgan fingerprint density at radius 3 is 2.17 bits per heavy atom. The number of carbonyl (C=O) groups excluding carboxylic acids is 3. The number of nitrogens with zero attached hydrogens (tertiary/aromatic N) is 1. The van der Waals surface area contributed by atoms with Gasteiger partial charge in [0.25, 0.3) is 5.91 Å². The lowest BCUT2D eigenvalue weighted by Crippen LogP contribution is -2.49. The Labute approximate surface area is 141 Å². The van der Waals surface area contributed by atoms with Crippen LogP contribution in [0.2, 0.25) is 0 Å². The van der Waals surface area contributed by atoms with Crippen LogP contribution >= 0.6 is 0 Å². The molecule has 130 valence electrons. The average Bonchev–Trinajstić information content (AvgIpc) is 3.06. The minimum Gasteiger partial charge on any atom is -0.352 e. The highest BCUT2D eigenvalue weighted by molar-refractivity contribution is 5.98. The van der Waals surface area contributed by atoms with Gasteiger partial charge in [-0.05, 0) is 43.0 Å². The molecule has 7 heteroatoms. The number of primary amides is 1. The first-order valence-electron chi connectivity index (χ1n) is 8.14. The fourth-order valence-corrected chi connectivity index (χ4v) is 2.71. The van der Waals surface area contributed by atoms with E-state index in [1.165, 1.54) is 0 Å². The van der Waals surface area contributed by atoms with Gasteiger partial charge in [0.2, 0.25) is 5.91 Å². The molecule has 1 heterocycles. The average molecular weight is 332 g/mol. The lowest BCUT2D eigenvalue weighted by Gasteiger charge is -2.20. The third-order valence-electron chi connectivity index (χ3n) is 4.04. The van der Waals surface area contributed by atoms with Crippen LogP contribution in [0.5, 0.6) is 0 Å². The molecule has 1 aliphatic rings. The Morgan fingerprint density at radius 2 is 1.67 bits per heavy atom. The van der Waals surface area contributed by atoms with Crippen LogP contribution in [-0.4, -0.2) is 41.9 Å². The monoisotopic (exact) mass is 332 g/mol. The van der Waals surface area contributed by atoms with Crippen molar-refractivity contribution in [3.05, 3.63) is 29.8 Å². The fraction of sp³-hybridized carbons (Fsp3) is 0.471. The Hall–Kier alpha value is -2.57. The summed E-state index contributed by atoms with van der Waals surface area (Å²) in [5, 5.41) is 5.16. The highest BCUT2D eigenvalue weighted by Gasteiger charge is 2.24. The number of carbonyl (C=O) groups is 3. The van der Waals surface area contributed by atoms with Gasteiger partial charge in [-0.3, -0.25) is 9.59 Å². The van der Waals surface area contributed by atoms with Gasteiger partial charge in [-0.15, -0.1) is 0 Å². The van der Waals surface area contributed by atoms with E-state index in [2.05, 4.69) is 10.6 Å². The summed E-state index contributed by atoms with van der Waals surface area (Å²) in [6.07, 6.45) is 2.09. The maximum Gasteiger partial charge on any atom is 0.312 e. The number of likely N-dealkylation sites (tertiary alicyclic amines) is 1. The highest BCUT2D eigenvalue weighted by atomic mass is 16.2. The third kappa shape index (κ3) is 4.47. The second-order valence-electron chi connectivity index (χ2n) is 6.30. The number of urea groups is 1. The zero-order valence-electron chi connectivity index (χ0n) is 14.0. The van der Waals surface area contributed by atoms with Gasteiger partial charge in [0.1, 0.15) is 6.04 Å². The topological polar surface area (TPSA) is 105 Å². The van der Waals surface area contributed by atoms with Crippen molar-refractivity contribution in [3.63, 3.8) is 0 Å². The molecule has 4 N–H and O–H groups in total. The molecule has 24 heavy (non-hydrogen) atoms. The SMILES string of the molecule is CC(C)C(NC(N)=O)C(=O)Nc1ccc(C(=O)N2CCCC2)cc1. The molecule has 0 bridgehead atoms. The molecule has 0 radical (unpaired) electrons. The number of hydrogen-bond acceptors (Lipinski definition) is 3. The number of amides is 4. The van der Waals surface area contributed by atoms with Gasteiger partial charge in [0.05, 0.1) is 0 Å². The van der Waals surface area contributed by atoms with Gasteiger partial charge in [0, 0.05) is 24.3 Å². The molecule has 1 unspecified atom stereocenters. The Balaban J connectivity index is 2.01. The van der Waals surface area contributed by atoms with Gasteiger partial charge >= 0.3 is 6.03 Å². The van der Waals surface area contributed by atoms with Crippen molar-refractivity contribution >= 4 is 23.5 Å². The maximum absolute atomic E-state index is 12.3. The molecular weight excluding hydrogens is 308 g/mol. The molecule has 1 aliphatic heterocycles. The van der Waals surface area contributed by atoms with Crippen molar-refractivity contribution in [2.24, 2.45) is 11.7 Å². The summed E-state index contributed by atoms with van der Waals surface area (Å²) in [7, 11) is 0. The molecule has 2 rings (SSSR count). The normalized spacial score (nSPS) is 15.2. The zero-order valence-corrected chi connectivity index (χ0v) is 14.0. The van der Waals surface area contributed by atoms with Crippen LogP contribution in [0.25, 0.3) is 0 Å². The summed E-state index contributed by atoms with van der Waals surface area (Å²) < 4.78 is 0. The second-order valence-corrected chi connectivity index (χ2v) is 6.30. The molecule has 1 fully saturated rings. The summed E-state index contributed by atoms with van der Waals surface area (Å²) >= 11 is 0. The molecule has 0 aromatic heterocycles. The Morgan fingerprint density at radius 1 is 1.08 bits per heavy atom. The minimum absolute atomic E-state index is 0.0147. The molecule has 1 aromatic rings. The maximum atomic E-state index is 12.3. The molecule has 7 nitrogen and oxygen atoms in total. The lowest BCUT2D eigenvalue weighted by molar-refractivity contribution is -0.118. The summed E-state index contributed by atoms with van der Waals surface area (Å²) in [6.45, 7) is 5.23. The van der Waals surface area contributed by atoms with E-state index >= 15 is 0 Å². The molecule has 1 atom stereocenters. The largest absolute Gasteiger partial charge is 0.352 e. The van der Waals surface area contributed by atoms with E-state index in [1.807, 2.05) is 18.7 Å². The quantitative estimate of drug-likeness (QED) is 0.762. The summed E-state index contributed by atoms with van der Waals surface area (Å²) in [6, 6.07) is 5.31. The molecule has 0 saturated carbocycles. The van der Waals surface area contributed by atoms with E-state index in [1.54, 1.807) is 24.3 Å². The lowest BCUT2D eigenvalue weighted by atomic mass is 10.0. The first-order chi connectivity index (χ1) is 11.4. The second kappa shape index (κ2) is 7.81. The van der Waals surface area contributed by atoms with Crippen LogP contribution in [0, 0.1) is 5.92 Å². The van der Waals surface area contributed by atoms with Crippen molar-refractivity contribution in [1.82, 2.24) is 10.2 Å². The number of nitrogens with two attached hydrogens (primary N) is 1. The van der Waals surface area contributed by atoms with Crippen molar-refractivity contribution in [3.8, 4) is 0 Å². The molecule has 4 amide bonds. The predicted molar refractivity (Wildman–Crippen MR) is 91.6 cm³/mol. The van der Waals surface area contributed by atoms with Crippen LogP contribution in [-0.2, 0) is 4.79 Å². The van der Waals surface area contributed by atoms with E-state index in [-0.39, 0.29) is 17.7 Å². The van der Waals surface area contributed by atoms with E-state index in [9.17, 15) is 14.4 Å². The van der Waals surface area contributed by atoms with Gasteiger partial charge in [0.15, 0.2) is 0 Å². The number of nitrogens with one attached hydrogen (secondary N) is 2. The van der Waals surface area contributed by atoms with Gasteiger partial charge < -0.3 is 21.3 Å². The smallest absolute Gasteiger partial charge is 0.312 e. The van der Waals surface area contributed by atoms with Crippen LogP contribution in [0.1, 0.15) is 37.0 Å². The van der Waals surface area contributed by atoms with E-state index in [0.29, 0.717) is 11.3 Å². The fourth-order valence-electron chi connectivity index (χ4n) is 2.71. The van der Waals surface area contributed by atoms with E-state index in [4.69, 9.17) is 5.73 Å². The molecule has 0 spiro atoms. The highest BCUT2D eigenvalue weighted by Crippen LogP contribution is 2.16. The van der Waals surface area contributed by atoms with Crippen LogP contribution in [0.15, 0.2) is 24.3 Å². The van der Waals surface area contributed by atoms with E-state index < -0.39 is 12.1 Å². The molecular formula is C17H24N4O3. The summed E-state index contributed by atoms with van der Waals surface area (Å²) in [4.78, 5) is 37.4. The van der Waals surface area contributed by atoms with Crippen LogP contribution in [0.4, 0.5) is 10.5 Å². The zero-order chi connectivity index (χ0) is 17.7. The van der Waals surface area contributed by atoms with Crippen LogP contribution < -0.4 is 16.4 Å². The Kier molecular flexibility index (Phi) is 5.78. The van der Waals surface area contributed by atoms with Gasteiger partial charge in [-0.25, -0.2) is 4.79 Å². The van der Waals surface area contributed by atoms with Crippen molar-refractivity contribution in [1.29, 1.82) is 0 Å². The molecule has 0 aliphatic carbocycles.